The smallest absolute Gasteiger partial charge is 0.481 e. The van der Waals surface area contributed by atoms with E-state index in [0.29, 0.717) is 8.95 Å². The van der Waals surface area contributed by atoms with Gasteiger partial charge in [-0.3, -0.25) is 20.2 Å². The predicted molar refractivity (Wildman–Crippen MR) is 155 cm³/mol. The monoisotopic (exact) mass is 778 g/mol. The second kappa shape index (κ2) is 16.1. The molecule has 2 N–H and O–H groups in total. The standard InChI is InChI=1S/C11H7BrFN3O3.C6H7BFNO3.C5H2Br2N2O2/c1-19-10-3-7(8(13)5-14-10)11-9(16(17)18)2-6(12)4-15-11;1-12-6-2-4(7(10)11)5(8)3-9-6;6-3-1-4(9(10)11)5(7)8-2-3/h2-5H,1H3;2-3,10-11H,1H3;1-2H. The second-order valence-corrected chi connectivity index (χ2v) is 9.91. The molecule has 0 saturated carbocycles. The van der Waals surface area contributed by atoms with Gasteiger partial charge in [-0.05, 0) is 47.8 Å². The molecule has 0 bridgehead atoms. The van der Waals surface area contributed by atoms with Gasteiger partial charge in [0.2, 0.25) is 11.8 Å². The van der Waals surface area contributed by atoms with Crippen LogP contribution in [0.1, 0.15) is 0 Å². The Morgan fingerprint density at radius 3 is 1.76 bits per heavy atom. The van der Waals surface area contributed by atoms with Crippen LogP contribution in [0.15, 0.2) is 62.6 Å². The minimum absolute atomic E-state index is 0.0361. The minimum atomic E-state index is -1.85. The van der Waals surface area contributed by atoms with Gasteiger partial charge in [-0.25, -0.2) is 28.7 Å². The largest absolute Gasteiger partial charge is 0.491 e. The van der Waals surface area contributed by atoms with Gasteiger partial charge in [-0.1, -0.05) is 0 Å². The average molecular weight is 781 g/mol. The summed E-state index contributed by atoms with van der Waals surface area (Å²) in [6.07, 6.45) is 4.64. The Balaban J connectivity index is 0.000000233. The zero-order chi connectivity index (χ0) is 31.6. The van der Waals surface area contributed by atoms with Crippen LogP contribution in [0.4, 0.5) is 20.2 Å². The van der Waals surface area contributed by atoms with E-state index in [1.807, 2.05) is 0 Å². The molecule has 4 heterocycles. The van der Waals surface area contributed by atoms with Gasteiger partial charge in [0, 0.05) is 56.6 Å². The number of nitrogens with zero attached hydrogens (tertiary/aromatic N) is 6. The minimum Gasteiger partial charge on any atom is -0.481 e. The van der Waals surface area contributed by atoms with Crippen molar-refractivity contribution in [1.29, 1.82) is 0 Å². The fourth-order valence-electron chi connectivity index (χ4n) is 2.77. The lowest BCUT2D eigenvalue weighted by molar-refractivity contribution is -0.386. The van der Waals surface area contributed by atoms with Crippen molar-refractivity contribution < 1.29 is 38.1 Å². The summed E-state index contributed by atoms with van der Waals surface area (Å²) < 4.78 is 37.3. The van der Waals surface area contributed by atoms with E-state index in [4.69, 9.17) is 14.8 Å². The number of hydrogen-bond acceptors (Lipinski definition) is 12. The Hall–Kier alpha value is -3.72. The molecule has 0 unspecified atom stereocenters. The van der Waals surface area contributed by atoms with Gasteiger partial charge in [-0.2, -0.15) is 0 Å². The molecular weight excluding hydrogens is 765 g/mol. The average Bonchev–Trinajstić information content (AvgIpc) is 2.95. The molecule has 0 saturated heterocycles. The maximum atomic E-state index is 13.7. The van der Waals surface area contributed by atoms with Crippen LogP contribution >= 0.6 is 47.8 Å². The molecular formula is C22H16BBr3F2N6O8. The number of ether oxygens (including phenoxy) is 2. The SMILES string of the molecule is COc1cc(-c2ncc(Br)cc2[N+](=O)[O-])c(F)cn1.COc1cc(B(O)O)c(F)cn1.O=[N+]([O-])c1cc(Br)cnc1Br. The van der Waals surface area contributed by atoms with E-state index < -0.39 is 28.6 Å². The molecule has 0 radical (unpaired) electrons. The fraction of sp³-hybridized carbons (Fsp3) is 0.0909. The predicted octanol–water partition coefficient (Wildman–Crippen LogP) is 4.39. The highest BCUT2D eigenvalue weighted by molar-refractivity contribution is 9.11. The number of halogens is 5. The van der Waals surface area contributed by atoms with Crippen LogP contribution in [-0.2, 0) is 0 Å². The van der Waals surface area contributed by atoms with Gasteiger partial charge in [0.1, 0.15) is 5.82 Å². The van der Waals surface area contributed by atoms with Crippen LogP contribution in [0.3, 0.4) is 0 Å². The first-order chi connectivity index (χ1) is 19.8. The summed E-state index contributed by atoms with van der Waals surface area (Å²) in [6.45, 7) is 0. The first-order valence-corrected chi connectivity index (χ1v) is 13.2. The molecule has 4 aromatic rings. The lowest BCUT2D eigenvalue weighted by Gasteiger charge is -2.05. The van der Waals surface area contributed by atoms with Crippen LogP contribution in [0.2, 0.25) is 0 Å². The molecule has 0 aliphatic carbocycles. The van der Waals surface area contributed by atoms with E-state index in [1.165, 1.54) is 44.8 Å². The van der Waals surface area contributed by atoms with E-state index in [-0.39, 0.29) is 44.5 Å². The van der Waals surface area contributed by atoms with E-state index in [0.717, 1.165) is 18.5 Å². The summed E-state index contributed by atoms with van der Waals surface area (Å²) >= 11 is 9.12. The molecule has 42 heavy (non-hydrogen) atoms. The van der Waals surface area contributed by atoms with Crippen LogP contribution in [0.5, 0.6) is 11.8 Å². The van der Waals surface area contributed by atoms with Crippen LogP contribution in [0.25, 0.3) is 11.3 Å². The van der Waals surface area contributed by atoms with Gasteiger partial charge in [0.25, 0.3) is 5.69 Å². The Morgan fingerprint density at radius 1 is 0.762 bits per heavy atom. The quantitative estimate of drug-likeness (QED) is 0.121. The van der Waals surface area contributed by atoms with Crippen molar-refractivity contribution in [1.82, 2.24) is 19.9 Å². The van der Waals surface area contributed by atoms with Crippen molar-refractivity contribution >= 4 is 71.7 Å². The van der Waals surface area contributed by atoms with E-state index in [9.17, 15) is 29.0 Å². The third kappa shape index (κ3) is 9.69. The molecule has 0 amide bonds. The molecule has 0 aliphatic rings. The van der Waals surface area contributed by atoms with Crippen LogP contribution in [-0.4, -0.2) is 61.2 Å². The second-order valence-electron chi connectivity index (χ2n) is 7.33. The highest BCUT2D eigenvalue weighted by atomic mass is 79.9. The van der Waals surface area contributed by atoms with Gasteiger partial charge in [0.15, 0.2) is 16.1 Å². The lowest BCUT2D eigenvalue weighted by atomic mass is 9.80. The highest BCUT2D eigenvalue weighted by Crippen LogP contribution is 2.32. The Bertz CT molecular complexity index is 1590. The van der Waals surface area contributed by atoms with Crippen molar-refractivity contribution in [3.8, 4) is 23.0 Å². The molecule has 0 fully saturated rings. The summed E-state index contributed by atoms with van der Waals surface area (Å²) in [7, 11) is 0.878. The first-order valence-electron chi connectivity index (χ1n) is 10.8. The zero-order valence-electron chi connectivity index (χ0n) is 21.1. The summed E-state index contributed by atoms with van der Waals surface area (Å²) in [6, 6.07) is 5.03. The van der Waals surface area contributed by atoms with E-state index in [2.05, 4.69) is 72.5 Å². The number of nitro groups is 2. The highest BCUT2D eigenvalue weighted by Gasteiger charge is 2.21. The van der Waals surface area contributed by atoms with E-state index >= 15 is 0 Å². The summed E-state index contributed by atoms with van der Waals surface area (Å²) in [4.78, 5) is 35.0. The maximum absolute atomic E-state index is 13.7. The van der Waals surface area contributed by atoms with Gasteiger partial charge in [0.05, 0.1) is 36.5 Å². The molecule has 0 aromatic carbocycles. The van der Waals surface area contributed by atoms with E-state index in [1.54, 1.807) is 0 Å². The van der Waals surface area contributed by atoms with Gasteiger partial charge >= 0.3 is 12.8 Å². The summed E-state index contributed by atoms with van der Waals surface area (Å²) in [5, 5.41) is 38.6. The van der Waals surface area contributed by atoms with Crippen LogP contribution < -0.4 is 14.9 Å². The zero-order valence-corrected chi connectivity index (χ0v) is 25.9. The van der Waals surface area contributed by atoms with Crippen molar-refractivity contribution in [2.45, 2.75) is 0 Å². The van der Waals surface area contributed by atoms with Crippen molar-refractivity contribution in [2.24, 2.45) is 0 Å². The third-order valence-electron chi connectivity index (χ3n) is 4.66. The molecule has 4 rings (SSSR count). The van der Waals surface area contributed by atoms with Crippen molar-refractivity contribution in [3.05, 3.63) is 94.5 Å². The van der Waals surface area contributed by atoms with Crippen molar-refractivity contribution in [3.63, 3.8) is 0 Å². The number of methoxy groups -OCH3 is 2. The number of pyridine rings is 4. The lowest BCUT2D eigenvalue weighted by Crippen LogP contribution is -2.33. The molecule has 4 aromatic heterocycles. The molecule has 220 valence electrons. The Morgan fingerprint density at radius 2 is 1.26 bits per heavy atom. The molecule has 14 nitrogen and oxygen atoms in total. The molecule has 0 atom stereocenters. The number of rotatable bonds is 6. The topological polar surface area (TPSA) is 197 Å². The van der Waals surface area contributed by atoms with Gasteiger partial charge < -0.3 is 19.5 Å². The molecule has 0 aliphatic heterocycles. The summed E-state index contributed by atoms with van der Waals surface area (Å²) in [5.74, 6) is -1.19. The normalized spacial score (nSPS) is 9.93. The van der Waals surface area contributed by atoms with Gasteiger partial charge in [-0.15, -0.1) is 0 Å². The third-order valence-corrected chi connectivity index (χ3v) is 6.13. The number of aromatic nitrogens is 4. The maximum Gasteiger partial charge on any atom is 0.491 e. The van der Waals surface area contributed by atoms with Crippen LogP contribution in [0, 0.1) is 31.9 Å². The number of hydrogen-bond donors (Lipinski definition) is 2. The first kappa shape index (κ1) is 34.5. The van der Waals surface area contributed by atoms with Crippen molar-refractivity contribution in [2.75, 3.05) is 14.2 Å². The summed E-state index contributed by atoms with van der Waals surface area (Å²) in [5.41, 5.74) is -0.708. The molecule has 0 spiro atoms. The Kier molecular flexibility index (Phi) is 13.2. The fourth-order valence-corrected chi connectivity index (χ4v) is 3.77. The Labute approximate surface area is 260 Å². The molecule has 20 heteroatoms.